The Kier molecular flexibility index (Phi) is 5.85. The monoisotopic (exact) mass is 436 g/mol. The number of phenolic OH excluding ortho intramolecular Hbond substituents is 1. The van der Waals surface area contributed by atoms with E-state index >= 15 is 0 Å². The van der Waals surface area contributed by atoms with Crippen LogP contribution in [0.15, 0.2) is 54.7 Å². The normalized spacial score (nSPS) is 10.6. The van der Waals surface area contributed by atoms with E-state index in [0.717, 1.165) is 10.2 Å². The number of carbonyl (C=O) groups excluding carboxylic acids is 1. The minimum Gasteiger partial charge on any atom is -0.507 e. The zero-order valence-corrected chi connectivity index (χ0v) is 17.7. The van der Waals surface area contributed by atoms with E-state index in [1.54, 1.807) is 44.5 Å². The van der Waals surface area contributed by atoms with Gasteiger partial charge in [-0.1, -0.05) is 17.4 Å². The van der Waals surface area contributed by atoms with Gasteiger partial charge < -0.3 is 25.2 Å². The van der Waals surface area contributed by atoms with Gasteiger partial charge in [0.1, 0.15) is 28.7 Å². The summed E-state index contributed by atoms with van der Waals surface area (Å²) in [6.45, 7) is 0.373. The fourth-order valence-corrected chi connectivity index (χ4v) is 3.88. The number of methoxy groups -OCH3 is 1. The highest BCUT2D eigenvalue weighted by Gasteiger charge is 2.11. The maximum Gasteiger partial charge on any atom is 0.269 e. The molecule has 0 atom stereocenters. The first-order chi connectivity index (χ1) is 15.1. The summed E-state index contributed by atoms with van der Waals surface area (Å²) in [5.74, 6) is 1.64. The molecule has 2 aromatic heterocycles. The second-order valence-corrected chi connectivity index (χ2v) is 7.55. The quantitative estimate of drug-likeness (QED) is 0.399. The van der Waals surface area contributed by atoms with E-state index in [2.05, 4.69) is 20.6 Å². The lowest BCUT2D eigenvalue weighted by Crippen LogP contribution is -2.18. The average Bonchev–Trinajstić information content (AvgIpc) is 3.19. The Balaban J connectivity index is 1.51. The third kappa shape index (κ3) is 4.51. The van der Waals surface area contributed by atoms with Crippen molar-refractivity contribution in [2.75, 3.05) is 19.5 Å². The van der Waals surface area contributed by atoms with Gasteiger partial charge in [0.2, 0.25) is 0 Å². The average molecular weight is 436 g/mol. The fraction of sp³-hybridized carbons (Fsp3) is 0.136. The molecule has 9 heteroatoms. The summed E-state index contributed by atoms with van der Waals surface area (Å²) in [5.41, 5.74) is 1.77. The lowest BCUT2D eigenvalue weighted by Gasteiger charge is -2.10. The van der Waals surface area contributed by atoms with Gasteiger partial charge in [-0.25, -0.2) is 4.98 Å². The largest absolute Gasteiger partial charge is 0.507 e. The number of nitrogens with one attached hydrogen (secondary N) is 2. The molecule has 1 amide bonds. The van der Waals surface area contributed by atoms with Crippen molar-refractivity contribution in [2.24, 2.45) is 0 Å². The van der Waals surface area contributed by atoms with Crippen LogP contribution in [-0.2, 0) is 6.54 Å². The Labute approximate surface area is 182 Å². The van der Waals surface area contributed by atoms with E-state index in [1.165, 1.54) is 17.5 Å². The van der Waals surface area contributed by atoms with E-state index in [-0.39, 0.29) is 17.4 Å². The predicted octanol–water partition coefficient (Wildman–Crippen LogP) is 4.17. The molecule has 2 heterocycles. The highest BCUT2D eigenvalue weighted by molar-refractivity contribution is 7.22. The number of rotatable bonds is 7. The van der Waals surface area contributed by atoms with Gasteiger partial charge in [-0.15, -0.1) is 0 Å². The van der Waals surface area contributed by atoms with Crippen molar-refractivity contribution in [1.82, 2.24) is 15.3 Å². The van der Waals surface area contributed by atoms with E-state index in [0.29, 0.717) is 34.5 Å². The number of pyridine rings is 1. The van der Waals surface area contributed by atoms with Gasteiger partial charge in [-0.05, 0) is 30.3 Å². The summed E-state index contributed by atoms with van der Waals surface area (Å²) in [6, 6.07) is 14.0. The van der Waals surface area contributed by atoms with Gasteiger partial charge in [0, 0.05) is 31.9 Å². The van der Waals surface area contributed by atoms with E-state index in [9.17, 15) is 9.90 Å². The number of ether oxygens (including phenoxy) is 2. The first kappa shape index (κ1) is 20.4. The number of hydrogen-bond donors (Lipinski definition) is 3. The number of nitrogens with zero attached hydrogens (tertiary/aromatic N) is 2. The van der Waals surface area contributed by atoms with Gasteiger partial charge in [0.25, 0.3) is 5.91 Å². The molecule has 0 bridgehead atoms. The van der Waals surface area contributed by atoms with Crippen LogP contribution >= 0.6 is 11.3 Å². The van der Waals surface area contributed by atoms with Crippen LogP contribution in [0.4, 0.5) is 5.13 Å². The SMILES string of the molecule is CNC(=O)c1cc(Oc2ccc3nc(NCc4c(O)cccc4OC)sc3c2)ccn1. The summed E-state index contributed by atoms with van der Waals surface area (Å²) in [4.78, 5) is 20.4. The minimum absolute atomic E-state index is 0.164. The topological polar surface area (TPSA) is 106 Å². The summed E-state index contributed by atoms with van der Waals surface area (Å²) in [6.07, 6.45) is 1.53. The van der Waals surface area contributed by atoms with Crippen LogP contribution in [0.25, 0.3) is 10.2 Å². The van der Waals surface area contributed by atoms with Crippen molar-refractivity contribution in [3.05, 3.63) is 66.0 Å². The molecular weight excluding hydrogens is 416 g/mol. The number of carbonyl (C=O) groups is 1. The molecule has 2 aromatic carbocycles. The Morgan fingerprint density at radius 2 is 2.00 bits per heavy atom. The number of anilines is 1. The summed E-state index contributed by atoms with van der Waals surface area (Å²) >= 11 is 1.47. The van der Waals surface area contributed by atoms with Crippen LogP contribution < -0.4 is 20.1 Å². The van der Waals surface area contributed by atoms with Crippen molar-refractivity contribution in [1.29, 1.82) is 0 Å². The predicted molar refractivity (Wildman–Crippen MR) is 119 cm³/mol. The number of benzene rings is 2. The Morgan fingerprint density at radius 1 is 1.16 bits per heavy atom. The molecule has 0 unspecified atom stereocenters. The van der Waals surface area contributed by atoms with E-state index < -0.39 is 0 Å². The van der Waals surface area contributed by atoms with Crippen molar-refractivity contribution in [3.63, 3.8) is 0 Å². The van der Waals surface area contributed by atoms with Crippen molar-refractivity contribution in [3.8, 4) is 23.0 Å². The summed E-state index contributed by atoms with van der Waals surface area (Å²) in [7, 11) is 3.12. The molecule has 158 valence electrons. The molecule has 4 rings (SSSR count). The number of fused-ring (bicyclic) bond motifs is 1. The zero-order valence-electron chi connectivity index (χ0n) is 16.9. The number of thiazole rings is 1. The third-order valence-corrected chi connectivity index (χ3v) is 5.51. The molecular formula is C22H20N4O4S. The number of phenols is 1. The van der Waals surface area contributed by atoms with Crippen LogP contribution in [0.3, 0.4) is 0 Å². The molecule has 0 saturated carbocycles. The summed E-state index contributed by atoms with van der Waals surface area (Å²) in [5, 5.41) is 16.6. The van der Waals surface area contributed by atoms with Crippen molar-refractivity contribution in [2.45, 2.75) is 6.54 Å². The van der Waals surface area contributed by atoms with Crippen molar-refractivity contribution < 1.29 is 19.4 Å². The van der Waals surface area contributed by atoms with E-state index in [1.807, 2.05) is 18.2 Å². The minimum atomic E-state index is -0.278. The van der Waals surface area contributed by atoms with Crippen LogP contribution in [0.1, 0.15) is 16.1 Å². The number of aromatic hydroxyl groups is 1. The molecule has 0 fully saturated rings. The van der Waals surface area contributed by atoms with Crippen molar-refractivity contribution >= 4 is 32.6 Å². The lowest BCUT2D eigenvalue weighted by atomic mass is 10.2. The maximum atomic E-state index is 11.8. The maximum absolute atomic E-state index is 11.8. The number of hydrogen-bond acceptors (Lipinski definition) is 8. The third-order valence-electron chi connectivity index (χ3n) is 4.53. The molecule has 0 spiro atoms. The van der Waals surface area contributed by atoms with Gasteiger partial charge in [-0.3, -0.25) is 9.78 Å². The molecule has 0 aliphatic heterocycles. The second kappa shape index (κ2) is 8.88. The van der Waals surface area contributed by atoms with Gasteiger partial charge >= 0.3 is 0 Å². The van der Waals surface area contributed by atoms with E-state index in [4.69, 9.17) is 9.47 Å². The molecule has 4 aromatic rings. The van der Waals surface area contributed by atoms with Crippen LogP contribution in [0, 0.1) is 0 Å². The molecule has 0 aliphatic rings. The lowest BCUT2D eigenvalue weighted by molar-refractivity contribution is 0.0958. The first-order valence-electron chi connectivity index (χ1n) is 9.42. The number of amides is 1. The Morgan fingerprint density at radius 3 is 2.81 bits per heavy atom. The molecule has 0 saturated heterocycles. The highest BCUT2D eigenvalue weighted by atomic mass is 32.1. The molecule has 0 radical (unpaired) electrons. The van der Waals surface area contributed by atoms with Gasteiger partial charge in [0.05, 0.1) is 22.9 Å². The van der Waals surface area contributed by atoms with Gasteiger partial charge in [-0.2, -0.15) is 0 Å². The van der Waals surface area contributed by atoms with Crippen LogP contribution in [-0.4, -0.2) is 35.1 Å². The fourth-order valence-electron chi connectivity index (χ4n) is 2.99. The first-order valence-corrected chi connectivity index (χ1v) is 10.2. The molecule has 3 N–H and O–H groups in total. The van der Waals surface area contributed by atoms with Crippen LogP contribution in [0.5, 0.6) is 23.0 Å². The summed E-state index contributed by atoms with van der Waals surface area (Å²) < 4.78 is 12.1. The molecule has 31 heavy (non-hydrogen) atoms. The second-order valence-electron chi connectivity index (χ2n) is 6.52. The smallest absolute Gasteiger partial charge is 0.269 e. The Bertz CT molecular complexity index is 1240. The molecule has 0 aliphatic carbocycles. The molecule has 8 nitrogen and oxygen atoms in total. The Hall–Kier alpha value is -3.85. The highest BCUT2D eigenvalue weighted by Crippen LogP contribution is 2.33. The van der Waals surface area contributed by atoms with Gasteiger partial charge in [0.15, 0.2) is 5.13 Å². The number of aromatic nitrogens is 2. The standard InChI is InChI=1S/C22H20N4O4S/c1-23-21(28)17-10-14(8-9-24-17)30-13-6-7-16-20(11-13)31-22(26-16)25-12-15-18(27)4-3-5-19(15)29-2/h3-11,27H,12H2,1-2H3,(H,23,28)(H,25,26). The van der Waals surface area contributed by atoms with Crippen LogP contribution in [0.2, 0.25) is 0 Å². The zero-order chi connectivity index (χ0) is 21.8.